The van der Waals surface area contributed by atoms with E-state index in [9.17, 15) is 14.0 Å². The Bertz CT molecular complexity index is 1380. The van der Waals surface area contributed by atoms with Crippen molar-refractivity contribution in [1.29, 1.82) is 0 Å². The van der Waals surface area contributed by atoms with E-state index in [4.69, 9.17) is 4.74 Å². The Morgan fingerprint density at radius 1 is 1.12 bits per heavy atom. The molecule has 0 bridgehead atoms. The van der Waals surface area contributed by atoms with Crippen molar-refractivity contribution in [2.24, 2.45) is 0 Å². The topological polar surface area (TPSA) is 77.6 Å². The molecule has 0 aliphatic rings. The second-order valence-corrected chi connectivity index (χ2v) is 7.57. The number of halogens is 2. The highest BCUT2D eigenvalue weighted by Crippen LogP contribution is 2.28. The molecular formula is C24H22F2N4O3. The van der Waals surface area contributed by atoms with Crippen molar-refractivity contribution in [3.63, 3.8) is 0 Å². The maximum Gasteiger partial charge on any atom is 0.355 e. The number of carbonyl (C=O) groups excluding carboxylic acids is 1. The van der Waals surface area contributed by atoms with E-state index < -0.39 is 23.2 Å². The van der Waals surface area contributed by atoms with Gasteiger partial charge < -0.3 is 10.1 Å². The van der Waals surface area contributed by atoms with Gasteiger partial charge in [0.15, 0.2) is 5.65 Å². The molecular weight excluding hydrogens is 430 g/mol. The Morgan fingerprint density at radius 3 is 2.61 bits per heavy atom. The van der Waals surface area contributed by atoms with E-state index in [1.807, 2.05) is 13.8 Å². The molecule has 2 aromatic heterocycles. The summed E-state index contributed by atoms with van der Waals surface area (Å²) >= 11 is 0. The third kappa shape index (κ3) is 4.48. The molecule has 2 heterocycles. The first kappa shape index (κ1) is 22.2. The molecule has 0 saturated carbocycles. The summed E-state index contributed by atoms with van der Waals surface area (Å²) in [6.45, 7) is 3.81. The summed E-state index contributed by atoms with van der Waals surface area (Å²) in [5.41, 5.74) is -0.564. The number of anilines is 1. The van der Waals surface area contributed by atoms with Crippen LogP contribution in [0.4, 0.5) is 14.5 Å². The maximum absolute atomic E-state index is 15.2. The fourth-order valence-electron chi connectivity index (χ4n) is 3.50. The predicted octanol–water partition coefficient (Wildman–Crippen LogP) is 4.58. The monoisotopic (exact) mass is 452 g/mol. The number of aromatic nitrogens is 3. The zero-order valence-corrected chi connectivity index (χ0v) is 18.1. The molecule has 2 aromatic carbocycles. The smallest absolute Gasteiger partial charge is 0.355 e. The van der Waals surface area contributed by atoms with Gasteiger partial charge in [0.2, 0.25) is 0 Å². The summed E-state index contributed by atoms with van der Waals surface area (Å²) in [4.78, 5) is 25.7. The average molecular weight is 452 g/mol. The summed E-state index contributed by atoms with van der Waals surface area (Å²) in [6, 6.07) is 12.9. The van der Waals surface area contributed by atoms with Gasteiger partial charge in [-0.05, 0) is 43.7 Å². The van der Waals surface area contributed by atoms with E-state index in [-0.39, 0.29) is 28.8 Å². The number of hydrogen-bond donors (Lipinski definition) is 1. The minimum atomic E-state index is -0.852. The quantitative estimate of drug-likeness (QED) is 0.445. The molecule has 4 rings (SSSR count). The molecule has 1 unspecified atom stereocenters. The number of benzene rings is 2. The number of amides is 1. The second kappa shape index (κ2) is 9.23. The van der Waals surface area contributed by atoms with Gasteiger partial charge in [-0.3, -0.25) is 4.79 Å². The van der Waals surface area contributed by atoms with E-state index >= 15 is 4.39 Å². The van der Waals surface area contributed by atoms with E-state index in [1.54, 1.807) is 24.3 Å². The highest BCUT2D eigenvalue weighted by molar-refractivity contribution is 6.06. The lowest BCUT2D eigenvalue weighted by Crippen LogP contribution is -2.22. The number of para-hydroxylation sites is 1. The number of nitrogens with one attached hydrogen (secondary N) is 1. The van der Waals surface area contributed by atoms with Crippen LogP contribution in [0.5, 0.6) is 5.75 Å². The largest absolute Gasteiger partial charge is 0.490 e. The first-order valence-corrected chi connectivity index (χ1v) is 10.5. The van der Waals surface area contributed by atoms with Gasteiger partial charge in [0, 0.05) is 12.3 Å². The first-order valence-electron chi connectivity index (χ1n) is 10.5. The standard InChI is InChI=1S/C24H22F2N4O3/c1-3-8-15(2)33-21-14-20(30-24(32)29-12-7-6-11-22(29)28-30)18(26)13-16(21)23(31)27-19-10-5-4-9-17(19)25/h4-7,9-15H,3,8H2,1-2H3,(H,27,31). The van der Waals surface area contributed by atoms with Crippen LogP contribution in [-0.2, 0) is 0 Å². The van der Waals surface area contributed by atoms with E-state index in [0.29, 0.717) is 12.1 Å². The van der Waals surface area contributed by atoms with Gasteiger partial charge in [0.25, 0.3) is 5.91 Å². The molecule has 1 atom stereocenters. The van der Waals surface area contributed by atoms with Gasteiger partial charge in [0.05, 0.1) is 17.4 Å². The van der Waals surface area contributed by atoms with Crippen LogP contribution in [0.2, 0.25) is 0 Å². The predicted molar refractivity (Wildman–Crippen MR) is 120 cm³/mol. The molecule has 0 aliphatic heterocycles. The minimum absolute atomic E-state index is 0.0453. The van der Waals surface area contributed by atoms with Crippen LogP contribution in [0.1, 0.15) is 37.0 Å². The van der Waals surface area contributed by atoms with Crippen LogP contribution in [-0.4, -0.2) is 26.2 Å². The van der Waals surface area contributed by atoms with Crippen molar-refractivity contribution in [3.05, 3.63) is 88.5 Å². The number of pyridine rings is 1. The third-order valence-corrected chi connectivity index (χ3v) is 5.10. The molecule has 4 aromatic rings. The zero-order valence-electron chi connectivity index (χ0n) is 18.1. The minimum Gasteiger partial charge on any atom is -0.490 e. The van der Waals surface area contributed by atoms with Crippen LogP contribution in [0.3, 0.4) is 0 Å². The van der Waals surface area contributed by atoms with Crippen molar-refractivity contribution in [2.75, 3.05) is 5.32 Å². The Hall–Kier alpha value is -4.01. The van der Waals surface area contributed by atoms with Gasteiger partial charge in [-0.2, -0.15) is 4.68 Å². The Morgan fingerprint density at radius 2 is 1.88 bits per heavy atom. The Kier molecular flexibility index (Phi) is 6.21. The first-order chi connectivity index (χ1) is 15.9. The van der Waals surface area contributed by atoms with Crippen LogP contribution in [0.15, 0.2) is 65.6 Å². The number of ether oxygens (including phenoxy) is 1. The highest BCUT2D eigenvalue weighted by Gasteiger charge is 2.22. The number of nitrogens with zero attached hydrogens (tertiary/aromatic N) is 3. The lowest BCUT2D eigenvalue weighted by molar-refractivity contribution is 0.101. The lowest BCUT2D eigenvalue weighted by atomic mass is 10.1. The van der Waals surface area contributed by atoms with Crippen molar-refractivity contribution in [3.8, 4) is 11.4 Å². The SMILES string of the molecule is CCCC(C)Oc1cc(-n2nc3ccccn3c2=O)c(F)cc1C(=O)Nc1ccccc1F. The molecule has 170 valence electrons. The van der Waals surface area contributed by atoms with E-state index in [0.717, 1.165) is 17.2 Å². The molecule has 0 aliphatic carbocycles. The fourth-order valence-corrected chi connectivity index (χ4v) is 3.50. The fraction of sp³-hybridized carbons (Fsp3) is 0.208. The molecule has 0 fully saturated rings. The molecule has 0 radical (unpaired) electrons. The van der Waals surface area contributed by atoms with Gasteiger partial charge >= 0.3 is 5.69 Å². The summed E-state index contributed by atoms with van der Waals surface area (Å²) < 4.78 is 37.3. The van der Waals surface area contributed by atoms with Crippen molar-refractivity contribution in [2.45, 2.75) is 32.8 Å². The van der Waals surface area contributed by atoms with Crippen molar-refractivity contribution in [1.82, 2.24) is 14.2 Å². The van der Waals surface area contributed by atoms with Crippen molar-refractivity contribution < 1.29 is 18.3 Å². The molecule has 33 heavy (non-hydrogen) atoms. The zero-order chi connectivity index (χ0) is 23.5. The normalized spacial score (nSPS) is 12.0. The number of rotatable bonds is 7. The number of hydrogen-bond acceptors (Lipinski definition) is 4. The van der Waals surface area contributed by atoms with E-state index in [2.05, 4.69) is 10.4 Å². The van der Waals surface area contributed by atoms with Crippen LogP contribution < -0.4 is 15.7 Å². The summed E-state index contributed by atoms with van der Waals surface area (Å²) in [5, 5.41) is 6.62. The molecule has 0 spiro atoms. The highest BCUT2D eigenvalue weighted by atomic mass is 19.1. The molecule has 9 heteroatoms. The summed E-state index contributed by atoms with van der Waals surface area (Å²) in [6.07, 6.45) is 2.76. The second-order valence-electron chi connectivity index (χ2n) is 7.57. The molecule has 1 amide bonds. The van der Waals surface area contributed by atoms with Crippen LogP contribution in [0.25, 0.3) is 11.3 Å². The molecule has 1 N–H and O–H groups in total. The number of fused-ring (bicyclic) bond motifs is 1. The summed E-state index contributed by atoms with van der Waals surface area (Å²) in [5.74, 6) is -2.16. The van der Waals surface area contributed by atoms with Gasteiger partial charge in [0.1, 0.15) is 23.1 Å². The maximum atomic E-state index is 15.2. The molecule has 7 nitrogen and oxygen atoms in total. The van der Waals surface area contributed by atoms with Gasteiger partial charge in [-0.15, -0.1) is 5.10 Å². The Labute approximate surface area is 188 Å². The van der Waals surface area contributed by atoms with Gasteiger partial charge in [-0.1, -0.05) is 31.5 Å². The van der Waals surface area contributed by atoms with E-state index in [1.165, 1.54) is 34.9 Å². The third-order valence-electron chi connectivity index (χ3n) is 5.10. The Balaban J connectivity index is 1.80. The lowest BCUT2D eigenvalue weighted by Gasteiger charge is -2.18. The van der Waals surface area contributed by atoms with Crippen molar-refractivity contribution >= 4 is 17.2 Å². The van der Waals surface area contributed by atoms with Crippen LogP contribution in [0, 0.1) is 11.6 Å². The molecule has 0 saturated heterocycles. The number of carbonyl (C=O) groups is 1. The average Bonchev–Trinajstić information content (AvgIpc) is 3.13. The summed E-state index contributed by atoms with van der Waals surface area (Å²) in [7, 11) is 0. The van der Waals surface area contributed by atoms with Crippen LogP contribution >= 0.6 is 0 Å². The van der Waals surface area contributed by atoms with Gasteiger partial charge in [-0.25, -0.2) is 18.0 Å².